The summed E-state index contributed by atoms with van der Waals surface area (Å²) in [5.41, 5.74) is 3.40. The van der Waals surface area contributed by atoms with Gasteiger partial charge in [-0.2, -0.15) is 5.26 Å². The molecule has 0 unspecified atom stereocenters. The SMILES string of the molecule is Cc1c(CNc2cc(Cl)c(Cl)cc2Cl)cc(C#N)n1C. The van der Waals surface area contributed by atoms with Crippen LogP contribution in [0.2, 0.25) is 15.1 Å². The summed E-state index contributed by atoms with van der Waals surface area (Å²) < 4.78 is 1.85. The Labute approximate surface area is 132 Å². The number of nitrogens with one attached hydrogen (secondary N) is 1. The van der Waals surface area contributed by atoms with Gasteiger partial charge in [-0.05, 0) is 30.7 Å². The van der Waals surface area contributed by atoms with Crippen LogP contribution in [0.1, 0.15) is 17.0 Å². The first kappa shape index (κ1) is 15.1. The van der Waals surface area contributed by atoms with E-state index in [0.29, 0.717) is 33.0 Å². The fraction of sp³-hybridized carbons (Fsp3) is 0.214. The fourth-order valence-corrected chi connectivity index (χ4v) is 2.51. The highest BCUT2D eigenvalue weighted by Gasteiger charge is 2.10. The zero-order valence-corrected chi connectivity index (χ0v) is 13.2. The van der Waals surface area contributed by atoms with Gasteiger partial charge in [-0.1, -0.05) is 34.8 Å². The highest BCUT2D eigenvalue weighted by atomic mass is 35.5. The van der Waals surface area contributed by atoms with Gasteiger partial charge in [0, 0.05) is 19.3 Å². The summed E-state index contributed by atoms with van der Waals surface area (Å²) in [5, 5.41) is 13.6. The minimum Gasteiger partial charge on any atom is -0.380 e. The molecular weight excluding hydrogens is 317 g/mol. The van der Waals surface area contributed by atoms with Gasteiger partial charge in [0.1, 0.15) is 11.8 Å². The number of aromatic nitrogens is 1. The molecule has 104 valence electrons. The van der Waals surface area contributed by atoms with Crippen molar-refractivity contribution in [2.45, 2.75) is 13.5 Å². The number of nitrogens with zero attached hydrogens (tertiary/aromatic N) is 2. The monoisotopic (exact) mass is 327 g/mol. The van der Waals surface area contributed by atoms with Crippen molar-refractivity contribution in [2.24, 2.45) is 7.05 Å². The maximum atomic E-state index is 9.01. The largest absolute Gasteiger partial charge is 0.380 e. The van der Waals surface area contributed by atoms with Gasteiger partial charge >= 0.3 is 0 Å². The Hall–Kier alpha value is -1.34. The molecular formula is C14H12Cl3N3. The molecule has 0 aliphatic carbocycles. The summed E-state index contributed by atoms with van der Waals surface area (Å²) in [4.78, 5) is 0. The summed E-state index contributed by atoms with van der Waals surface area (Å²) in [7, 11) is 1.86. The lowest BCUT2D eigenvalue weighted by Gasteiger charge is -2.10. The van der Waals surface area contributed by atoms with Crippen LogP contribution in [0.5, 0.6) is 0 Å². The molecule has 0 spiro atoms. The van der Waals surface area contributed by atoms with Crippen molar-refractivity contribution in [3.63, 3.8) is 0 Å². The molecule has 1 aromatic heterocycles. The maximum absolute atomic E-state index is 9.01. The van der Waals surface area contributed by atoms with E-state index in [-0.39, 0.29) is 0 Å². The summed E-state index contributed by atoms with van der Waals surface area (Å²) in [6, 6.07) is 7.30. The average molecular weight is 329 g/mol. The number of halogens is 3. The third kappa shape index (κ3) is 2.88. The predicted octanol–water partition coefficient (Wildman–Crippen LogP) is 4.78. The van der Waals surface area contributed by atoms with Crippen molar-refractivity contribution in [1.29, 1.82) is 5.26 Å². The zero-order chi connectivity index (χ0) is 14.9. The van der Waals surface area contributed by atoms with Gasteiger partial charge in [0.25, 0.3) is 0 Å². The third-order valence-electron chi connectivity index (χ3n) is 3.23. The van der Waals surface area contributed by atoms with Crippen LogP contribution in [0, 0.1) is 18.3 Å². The van der Waals surface area contributed by atoms with Crippen LogP contribution in [0.25, 0.3) is 0 Å². The Bertz CT molecular complexity index is 699. The van der Waals surface area contributed by atoms with Gasteiger partial charge in [-0.25, -0.2) is 0 Å². The minimum absolute atomic E-state index is 0.421. The number of nitriles is 1. The molecule has 3 nitrogen and oxygen atoms in total. The van der Waals surface area contributed by atoms with Gasteiger partial charge < -0.3 is 9.88 Å². The first-order chi connectivity index (χ1) is 9.43. The van der Waals surface area contributed by atoms with E-state index in [0.717, 1.165) is 11.3 Å². The Morgan fingerprint density at radius 1 is 1.15 bits per heavy atom. The van der Waals surface area contributed by atoms with E-state index in [1.807, 2.05) is 24.6 Å². The molecule has 2 aromatic rings. The second-order valence-electron chi connectivity index (χ2n) is 4.41. The van der Waals surface area contributed by atoms with E-state index < -0.39 is 0 Å². The Balaban J connectivity index is 2.22. The van der Waals surface area contributed by atoms with Gasteiger partial charge in [0.15, 0.2) is 0 Å². The van der Waals surface area contributed by atoms with Crippen LogP contribution in [-0.4, -0.2) is 4.57 Å². The van der Waals surface area contributed by atoms with Crippen molar-refractivity contribution in [2.75, 3.05) is 5.32 Å². The molecule has 0 amide bonds. The van der Waals surface area contributed by atoms with E-state index in [4.69, 9.17) is 40.1 Å². The van der Waals surface area contributed by atoms with Gasteiger partial charge in [-0.15, -0.1) is 0 Å². The molecule has 0 radical (unpaired) electrons. The number of anilines is 1. The van der Waals surface area contributed by atoms with E-state index in [1.54, 1.807) is 12.1 Å². The second kappa shape index (κ2) is 5.97. The molecule has 1 heterocycles. The molecule has 0 saturated carbocycles. The highest BCUT2D eigenvalue weighted by molar-refractivity contribution is 6.44. The van der Waals surface area contributed by atoms with Crippen LogP contribution < -0.4 is 5.32 Å². The molecule has 1 N–H and O–H groups in total. The van der Waals surface area contributed by atoms with E-state index in [2.05, 4.69) is 11.4 Å². The lowest BCUT2D eigenvalue weighted by molar-refractivity contribution is 0.856. The van der Waals surface area contributed by atoms with Crippen molar-refractivity contribution in [3.05, 3.63) is 50.2 Å². The molecule has 0 saturated heterocycles. The van der Waals surface area contributed by atoms with Gasteiger partial charge in [0.05, 0.1) is 20.8 Å². The molecule has 6 heteroatoms. The maximum Gasteiger partial charge on any atom is 0.120 e. The molecule has 0 fully saturated rings. The molecule has 0 aliphatic heterocycles. The van der Waals surface area contributed by atoms with Crippen molar-refractivity contribution in [3.8, 4) is 6.07 Å². The Morgan fingerprint density at radius 3 is 2.40 bits per heavy atom. The first-order valence-corrected chi connectivity index (χ1v) is 7.01. The summed E-state index contributed by atoms with van der Waals surface area (Å²) in [6.45, 7) is 2.52. The zero-order valence-electron chi connectivity index (χ0n) is 11.0. The lowest BCUT2D eigenvalue weighted by Crippen LogP contribution is -2.02. The van der Waals surface area contributed by atoms with Gasteiger partial charge in [0.2, 0.25) is 0 Å². The van der Waals surface area contributed by atoms with Crippen molar-refractivity contribution in [1.82, 2.24) is 4.57 Å². The standard InChI is InChI=1S/C14H12Cl3N3/c1-8-9(3-10(6-18)20(8)2)7-19-14-5-12(16)11(15)4-13(14)17/h3-5,19H,7H2,1-2H3. The Kier molecular flexibility index (Phi) is 4.49. The van der Waals surface area contributed by atoms with Crippen LogP contribution in [0.4, 0.5) is 5.69 Å². The molecule has 0 bridgehead atoms. The summed E-state index contributed by atoms with van der Waals surface area (Å²) in [6.07, 6.45) is 0. The van der Waals surface area contributed by atoms with Crippen LogP contribution in [0.3, 0.4) is 0 Å². The summed E-state index contributed by atoms with van der Waals surface area (Å²) in [5.74, 6) is 0. The number of rotatable bonds is 3. The molecule has 20 heavy (non-hydrogen) atoms. The molecule has 2 rings (SSSR count). The van der Waals surface area contributed by atoms with E-state index in [1.165, 1.54) is 0 Å². The number of benzene rings is 1. The topological polar surface area (TPSA) is 40.8 Å². The fourth-order valence-electron chi connectivity index (χ4n) is 1.90. The van der Waals surface area contributed by atoms with Crippen LogP contribution >= 0.6 is 34.8 Å². The number of hydrogen-bond donors (Lipinski definition) is 1. The smallest absolute Gasteiger partial charge is 0.120 e. The Morgan fingerprint density at radius 2 is 1.80 bits per heavy atom. The van der Waals surface area contributed by atoms with E-state index in [9.17, 15) is 0 Å². The first-order valence-electron chi connectivity index (χ1n) is 5.87. The van der Waals surface area contributed by atoms with Crippen molar-refractivity contribution < 1.29 is 0 Å². The quantitative estimate of drug-likeness (QED) is 0.824. The highest BCUT2D eigenvalue weighted by Crippen LogP contribution is 2.32. The van der Waals surface area contributed by atoms with Crippen molar-refractivity contribution >= 4 is 40.5 Å². The lowest BCUT2D eigenvalue weighted by atomic mass is 10.2. The van der Waals surface area contributed by atoms with Crippen LogP contribution in [0.15, 0.2) is 18.2 Å². The molecule has 1 aromatic carbocycles. The third-order valence-corrected chi connectivity index (χ3v) is 4.27. The molecule has 0 aliphatic rings. The number of hydrogen-bond acceptors (Lipinski definition) is 2. The minimum atomic E-state index is 0.421. The second-order valence-corrected chi connectivity index (χ2v) is 5.63. The van der Waals surface area contributed by atoms with Gasteiger partial charge in [-0.3, -0.25) is 0 Å². The predicted molar refractivity (Wildman–Crippen MR) is 83.7 cm³/mol. The summed E-state index contributed by atoms with van der Waals surface area (Å²) >= 11 is 18.0. The van der Waals surface area contributed by atoms with Crippen LogP contribution in [-0.2, 0) is 13.6 Å². The molecule has 0 atom stereocenters. The average Bonchev–Trinajstić information content (AvgIpc) is 2.69. The normalized spacial score (nSPS) is 10.4. The van der Waals surface area contributed by atoms with E-state index >= 15 is 0 Å².